The van der Waals surface area contributed by atoms with Crippen molar-refractivity contribution in [1.29, 1.82) is 0 Å². The number of hydrogen-bond acceptors (Lipinski definition) is 4. The van der Waals surface area contributed by atoms with Gasteiger partial charge in [-0.1, -0.05) is 63.4 Å². The SMILES string of the molecule is CC(C)Cc1ccccc1Nc1nc(Nc2ccc(C3CCCCC3)cc2)ncc1C(F)(F)F. The Kier molecular flexibility index (Phi) is 7.39. The van der Waals surface area contributed by atoms with Crippen LogP contribution < -0.4 is 10.6 Å². The number of nitrogens with one attached hydrogen (secondary N) is 2. The van der Waals surface area contributed by atoms with E-state index in [2.05, 4.69) is 46.6 Å². The van der Waals surface area contributed by atoms with Gasteiger partial charge in [-0.2, -0.15) is 18.2 Å². The fourth-order valence-electron chi connectivity index (χ4n) is 4.54. The second-order valence-corrected chi connectivity index (χ2v) is 9.42. The van der Waals surface area contributed by atoms with Crippen LogP contribution in [0.5, 0.6) is 0 Å². The Balaban J connectivity index is 1.57. The topological polar surface area (TPSA) is 49.8 Å². The number of halogens is 3. The van der Waals surface area contributed by atoms with Gasteiger partial charge in [0.2, 0.25) is 5.95 Å². The smallest absolute Gasteiger partial charge is 0.339 e. The number of hydrogen-bond donors (Lipinski definition) is 2. The highest BCUT2D eigenvalue weighted by Gasteiger charge is 2.35. The van der Waals surface area contributed by atoms with E-state index in [1.165, 1.54) is 37.7 Å². The van der Waals surface area contributed by atoms with Gasteiger partial charge in [0.05, 0.1) is 0 Å². The summed E-state index contributed by atoms with van der Waals surface area (Å²) < 4.78 is 41.1. The molecule has 0 unspecified atom stereocenters. The molecule has 34 heavy (non-hydrogen) atoms. The molecular weight excluding hydrogens is 437 g/mol. The number of rotatable bonds is 7. The monoisotopic (exact) mass is 468 g/mol. The van der Waals surface area contributed by atoms with Gasteiger partial charge in [-0.15, -0.1) is 0 Å². The quantitative estimate of drug-likeness (QED) is 0.367. The molecule has 1 aliphatic rings. The van der Waals surface area contributed by atoms with Crippen LogP contribution in [0.1, 0.15) is 68.6 Å². The van der Waals surface area contributed by atoms with Gasteiger partial charge in [0.15, 0.2) is 0 Å². The summed E-state index contributed by atoms with van der Waals surface area (Å²) in [5.74, 6) is 0.804. The molecule has 3 aromatic rings. The summed E-state index contributed by atoms with van der Waals surface area (Å²) in [5, 5.41) is 5.98. The third kappa shape index (κ3) is 6.07. The van der Waals surface area contributed by atoms with Gasteiger partial charge in [0.1, 0.15) is 11.4 Å². The van der Waals surface area contributed by atoms with Gasteiger partial charge >= 0.3 is 6.18 Å². The van der Waals surface area contributed by atoms with Crippen molar-refractivity contribution in [3.8, 4) is 0 Å². The molecule has 1 fully saturated rings. The van der Waals surface area contributed by atoms with E-state index in [1.54, 1.807) is 12.1 Å². The molecule has 0 atom stereocenters. The number of nitrogens with zero attached hydrogens (tertiary/aromatic N) is 2. The zero-order chi connectivity index (χ0) is 24.1. The number of alkyl halides is 3. The van der Waals surface area contributed by atoms with Crippen LogP contribution in [0, 0.1) is 5.92 Å². The van der Waals surface area contributed by atoms with E-state index in [9.17, 15) is 13.2 Å². The normalized spacial score (nSPS) is 14.9. The summed E-state index contributed by atoms with van der Waals surface area (Å²) in [6.07, 6.45) is 3.26. The van der Waals surface area contributed by atoms with Crippen molar-refractivity contribution >= 4 is 23.1 Å². The predicted molar refractivity (Wildman–Crippen MR) is 131 cm³/mol. The molecule has 1 aliphatic carbocycles. The lowest BCUT2D eigenvalue weighted by Crippen LogP contribution is -2.13. The molecule has 0 spiro atoms. The first-order valence-corrected chi connectivity index (χ1v) is 12.0. The summed E-state index contributed by atoms with van der Waals surface area (Å²) in [4.78, 5) is 8.15. The molecule has 2 aromatic carbocycles. The van der Waals surface area contributed by atoms with E-state index < -0.39 is 11.7 Å². The Morgan fingerprint density at radius 2 is 1.65 bits per heavy atom. The average molecular weight is 469 g/mol. The van der Waals surface area contributed by atoms with Crippen molar-refractivity contribution in [2.24, 2.45) is 5.92 Å². The van der Waals surface area contributed by atoms with Crippen LogP contribution in [-0.4, -0.2) is 9.97 Å². The first kappa shape index (κ1) is 24.0. The first-order valence-electron chi connectivity index (χ1n) is 12.0. The molecular formula is C27H31F3N4. The highest BCUT2D eigenvalue weighted by Crippen LogP contribution is 2.37. The molecule has 4 rings (SSSR count). The van der Waals surface area contributed by atoms with Crippen LogP contribution >= 0.6 is 0 Å². The minimum Gasteiger partial charge on any atom is -0.339 e. The predicted octanol–water partition coefficient (Wildman–Crippen LogP) is 8.23. The maximum absolute atomic E-state index is 13.7. The molecule has 2 N–H and O–H groups in total. The Bertz CT molecular complexity index is 1090. The second-order valence-electron chi connectivity index (χ2n) is 9.42. The van der Waals surface area contributed by atoms with E-state index in [-0.39, 0.29) is 11.8 Å². The highest BCUT2D eigenvalue weighted by molar-refractivity contribution is 5.65. The molecule has 0 aliphatic heterocycles. The lowest BCUT2D eigenvalue weighted by atomic mass is 9.84. The third-order valence-corrected chi connectivity index (χ3v) is 6.24. The first-order chi connectivity index (χ1) is 16.3. The molecule has 0 amide bonds. The lowest BCUT2D eigenvalue weighted by Gasteiger charge is -2.22. The number of para-hydroxylation sites is 1. The van der Waals surface area contributed by atoms with Crippen molar-refractivity contribution < 1.29 is 13.2 Å². The lowest BCUT2D eigenvalue weighted by molar-refractivity contribution is -0.137. The van der Waals surface area contributed by atoms with Gasteiger partial charge in [0.25, 0.3) is 0 Å². The molecule has 1 aromatic heterocycles. The number of aromatic nitrogens is 2. The summed E-state index contributed by atoms with van der Waals surface area (Å²) in [6, 6.07) is 15.4. The van der Waals surface area contributed by atoms with Gasteiger partial charge in [-0.05, 0) is 60.4 Å². The molecule has 180 valence electrons. The molecule has 1 saturated carbocycles. The average Bonchev–Trinajstić information content (AvgIpc) is 2.80. The van der Waals surface area contributed by atoms with Crippen molar-refractivity contribution in [2.75, 3.05) is 10.6 Å². The maximum atomic E-state index is 13.7. The minimum absolute atomic E-state index is 0.113. The molecule has 0 radical (unpaired) electrons. The summed E-state index contributed by atoms with van der Waals surface area (Å²) in [6.45, 7) is 4.15. The van der Waals surface area contributed by atoms with Crippen LogP contribution in [0.3, 0.4) is 0 Å². The highest BCUT2D eigenvalue weighted by atomic mass is 19.4. The van der Waals surface area contributed by atoms with E-state index in [0.29, 0.717) is 17.5 Å². The zero-order valence-corrected chi connectivity index (χ0v) is 19.6. The van der Waals surface area contributed by atoms with Crippen LogP contribution in [-0.2, 0) is 12.6 Å². The fourth-order valence-corrected chi connectivity index (χ4v) is 4.54. The molecule has 7 heteroatoms. The van der Waals surface area contributed by atoms with Gasteiger partial charge in [-0.3, -0.25) is 0 Å². The standard InChI is InChI=1S/C27H31F3N4/c1-18(2)16-21-10-6-7-11-24(21)33-25-23(27(28,29)30)17-31-26(34-25)32-22-14-12-20(13-15-22)19-8-4-3-5-9-19/h6-7,10-15,17-19H,3-5,8-9,16H2,1-2H3,(H2,31,32,33,34). The van der Waals surface area contributed by atoms with Crippen molar-refractivity contribution in [1.82, 2.24) is 9.97 Å². The van der Waals surface area contributed by atoms with E-state index in [1.807, 2.05) is 24.3 Å². The Labute approximate surface area is 199 Å². The number of benzene rings is 2. The zero-order valence-electron chi connectivity index (χ0n) is 19.6. The second kappa shape index (κ2) is 10.5. The Morgan fingerprint density at radius 3 is 2.32 bits per heavy atom. The van der Waals surface area contributed by atoms with Crippen LogP contribution in [0.2, 0.25) is 0 Å². The van der Waals surface area contributed by atoms with Crippen molar-refractivity contribution in [2.45, 2.75) is 64.5 Å². The van der Waals surface area contributed by atoms with Crippen LogP contribution in [0.25, 0.3) is 0 Å². The molecule has 1 heterocycles. The van der Waals surface area contributed by atoms with E-state index in [0.717, 1.165) is 23.9 Å². The summed E-state index contributed by atoms with van der Waals surface area (Å²) in [5.41, 5.74) is 2.71. The minimum atomic E-state index is -4.57. The summed E-state index contributed by atoms with van der Waals surface area (Å²) >= 11 is 0. The van der Waals surface area contributed by atoms with Crippen molar-refractivity contribution in [3.63, 3.8) is 0 Å². The molecule has 0 bridgehead atoms. The largest absolute Gasteiger partial charge is 0.421 e. The van der Waals surface area contributed by atoms with E-state index >= 15 is 0 Å². The van der Waals surface area contributed by atoms with E-state index in [4.69, 9.17) is 0 Å². The van der Waals surface area contributed by atoms with Crippen molar-refractivity contribution in [3.05, 3.63) is 71.4 Å². The van der Waals surface area contributed by atoms with Gasteiger partial charge in [0, 0.05) is 17.6 Å². The van der Waals surface area contributed by atoms with Crippen LogP contribution in [0.15, 0.2) is 54.7 Å². The van der Waals surface area contributed by atoms with Crippen LogP contribution in [0.4, 0.5) is 36.3 Å². The summed E-state index contributed by atoms with van der Waals surface area (Å²) in [7, 11) is 0. The number of anilines is 4. The molecule has 4 nitrogen and oxygen atoms in total. The Morgan fingerprint density at radius 1 is 0.941 bits per heavy atom. The van der Waals surface area contributed by atoms with Gasteiger partial charge in [-0.25, -0.2) is 4.98 Å². The maximum Gasteiger partial charge on any atom is 0.421 e. The Hall–Kier alpha value is -3.09. The van der Waals surface area contributed by atoms with Gasteiger partial charge < -0.3 is 10.6 Å². The third-order valence-electron chi connectivity index (χ3n) is 6.24. The fraction of sp³-hybridized carbons (Fsp3) is 0.407. The molecule has 0 saturated heterocycles.